The van der Waals surface area contributed by atoms with Gasteiger partial charge in [0.05, 0.1) is 54.1 Å². The van der Waals surface area contributed by atoms with Gasteiger partial charge in [0.2, 0.25) is 0 Å². The quantitative estimate of drug-likeness (QED) is 0.476. The number of carbonyl (C=O) groups is 1. The number of amides is 1. The molecule has 1 amide bonds. The van der Waals surface area contributed by atoms with Crippen molar-refractivity contribution in [3.05, 3.63) is 71.8 Å². The summed E-state index contributed by atoms with van der Waals surface area (Å²) < 4.78 is 7.15. The molecule has 184 valence electrons. The lowest BCUT2D eigenvalue weighted by Crippen LogP contribution is -2.56. The Morgan fingerprint density at radius 1 is 1.17 bits per heavy atom. The van der Waals surface area contributed by atoms with E-state index in [9.17, 15) is 9.90 Å². The molecule has 6 rings (SSSR count). The first-order valence-corrected chi connectivity index (χ1v) is 12.1. The Labute approximate surface area is 209 Å². The van der Waals surface area contributed by atoms with Gasteiger partial charge in [-0.15, -0.1) is 0 Å². The highest BCUT2D eigenvalue weighted by Crippen LogP contribution is 2.37. The summed E-state index contributed by atoms with van der Waals surface area (Å²) in [5, 5.41) is 15.8. The van der Waals surface area contributed by atoms with Crippen molar-refractivity contribution in [3.63, 3.8) is 0 Å². The van der Waals surface area contributed by atoms with E-state index in [0.717, 1.165) is 39.0 Å². The number of aryl methyl sites for hydroxylation is 1. The SMILES string of the molecule is CN1CN([C@H]2CCOC[C@@H]2O)C(=O)c2cc(Cc3ccc(-c4cnn(C)c4)nc3)c3cccnc3c21. The standard InChI is InChI=1S/C27H28N6O3/c1-31-16-33(23-7-9-36-15-24(23)34)27(35)21-11-18(20-4-3-8-28-25(20)26(21)31)10-17-5-6-22(29-12-17)19-13-30-32(2)14-19/h3-6,8,11-14,23-24,34H,7,9-10,15-16H2,1-2H3/t23-,24-/m0/s1. The number of pyridine rings is 2. The maximum absolute atomic E-state index is 13.8. The summed E-state index contributed by atoms with van der Waals surface area (Å²) in [7, 11) is 3.86. The van der Waals surface area contributed by atoms with Gasteiger partial charge in [-0.05, 0) is 42.2 Å². The number of aliphatic hydroxyl groups is 1. The molecule has 1 saturated heterocycles. The molecular weight excluding hydrogens is 456 g/mol. The Hall–Kier alpha value is -3.82. The second-order valence-corrected chi connectivity index (χ2v) is 9.58. The molecule has 1 N–H and O–H groups in total. The summed E-state index contributed by atoms with van der Waals surface area (Å²) in [5.41, 5.74) is 6.16. The minimum Gasteiger partial charge on any atom is -0.389 e. The summed E-state index contributed by atoms with van der Waals surface area (Å²) in [6.45, 7) is 1.19. The zero-order valence-electron chi connectivity index (χ0n) is 20.3. The molecule has 1 aromatic carbocycles. The van der Waals surface area contributed by atoms with Crippen molar-refractivity contribution in [2.45, 2.75) is 25.0 Å². The van der Waals surface area contributed by atoms with Crippen LogP contribution in [0.25, 0.3) is 22.2 Å². The van der Waals surface area contributed by atoms with Crippen molar-refractivity contribution in [2.75, 3.05) is 31.8 Å². The lowest BCUT2D eigenvalue weighted by Gasteiger charge is -2.43. The molecule has 0 unspecified atom stereocenters. The van der Waals surface area contributed by atoms with E-state index in [1.54, 1.807) is 22.0 Å². The molecule has 0 radical (unpaired) electrons. The number of fused-ring (bicyclic) bond motifs is 3. The van der Waals surface area contributed by atoms with Crippen LogP contribution in [0.15, 0.2) is 55.1 Å². The summed E-state index contributed by atoms with van der Waals surface area (Å²) in [5.74, 6) is -0.0760. The summed E-state index contributed by atoms with van der Waals surface area (Å²) in [6, 6.07) is 9.77. The molecule has 4 aromatic rings. The highest BCUT2D eigenvalue weighted by molar-refractivity contribution is 6.10. The fourth-order valence-electron chi connectivity index (χ4n) is 5.32. The van der Waals surface area contributed by atoms with Gasteiger partial charge in [-0.2, -0.15) is 5.10 Å². The number of ether oxygens (including phenoxy) is 1. The largest absolute Gasteiger partial charge is 0.389 e. The van der Waals surface area contributed by atoms with Crippen molar-refractivity contribution in [3.8, 4) is 11.3 Å². The van der Waals surface area contributed by atoms with E-state index >= 15 is 0 Å². The van der Waals surface area contributed by atoms with Gasteiger partial charge < -0.3 is 19.6 Å². The van der Waals surface area contributed by atoms with Gasteiger partial charge in [-0.25, -0.2) is 0 Å². The molecule has 0 saturated carbocycles. The maximum atomic E-state index is 13.8. The molecule has 2 aliphatic rings. The van der Waals surface area contributed by atoms with Crippen molar-refractivity contribution in [1.82, 2.24) is 24.6 Å². The third-order valence-electron chi connectivity index (χ3n) is 7.10. The number of aliphatic hydroxyl groups excluding tert-OH is 1. The predicted octanol–water partition coefficient (Wildman–Crippen LogP) is 2.62. The molecule has 0 bridgehead atoms. The molecule has 3 aromatic heterocycles. The number of hydrogen-bond donors (Lipinski definition) is 1. The first kappa shape index (κ1) is 22.6. The first-order valence-electron chi connectivity index (χ1n) is 12.1. The third kappa shape index (κ3) is 3.90. The fourth-order valence-corrected chi connectivity index (χ4v) is 5.32. The molecule has 2 aliphatic heterocycles. The first-order chi connectivity index (χ1) is 17.5. The molecule has 2 atom stereocenters. The van der Waals surface area contributed by atoms with Gasteiger partial charge >= 0.3 is 0 Å². The second kappa shape index (κ2) is 9.00. The average Bonchev–Trinajstić information content (AvgIpc) is 3.33. The molecule has 5 heterocycles. The highest BCUT2D eigenvalue weighted by atomic mass is 16.5. The molecule has 0 spiro atoms. The minimum absolute atomic E-state index is 0.0760. The van der Waals surface area contributed by atoms with Crippen LogP contribution in [0.1, 0.15) is 27.9 Å². The van der Waals surface area contributed by atoms with E-state index in [4.69, 9.17) is 4.74 Å². The van der Waals surface area contributed by atoms with E-state index in [1.165, 1.54) is 0 Å². The Balaban J connectivity index is 1.38. The summed E-state index contributed by atoms with van der Waals surface area (Å²) in [6.07, 6.45) is 7.92. The number of anilines is 1. The lowest BCUT2D eigenvalue weighted by atomic mass is 9.94. The molecule has 36 heavy (non-hydrogen) atoms. The smallest absolute Gasteiger partial charge is 0.257 e. The summed E-state index contributed by atoms with van der Waals surface area (Å²) in [4.78, 5) is 26.9. The van der Waals surface area contributed by atoms with Crippen molar-refractivity contribution in [1.29, 1.82) is 0 Å². The maximum Gasteiger partial charge on any atom is 0.257 e. The van der Waals surface area contributed by atoms with Crippen LogP contribution >= 0.6 is 0 Å². The molecule has 9 heteroatoms. The second-order valence-electron chi connectivity index (χ2n) is 9.58. The van der Waals surface area contributed by atoms with Crippen molar-refractivity contribution in [2.24, 2.45) is 7.05 Å². The predicted molar refractivity (Wildman–Crippen MR) is 136 cm³/mol. The Kier molecular flexibility index (Phi) is 5.66. The van der Waals surface area contributed by atoms with E-state index < -0.39 is 6.10 Å². The number of benzene rings is 1. The van der Waals surface area contributed by atoms with E-state index in [-0.39, 0.29) is 18.6 Å². The zero-order valence-corrected chi connectivity index (χ0v) is 20.3. The van der Waals surface area contributed by atoms with Crippen LogP contribution in [-0.2, 0) is 18.2 Å². The molecule has 9 nitrogen and oxygen atoms in total. The Morgan fingerprint density at radius 3 is 2.81 bits per heavy atom. The highest BCUT2D eigenvalue weighted by Gasteiger charge is 2.38. The van der Waals surface area contributed by atoms with Gasteiger partial charge in [0, 0.05) is 50.2 Å². The normalized spacial score (nSPS) is 20.1. The number of nitrogens with zero attached hydrogens (tertiary/aromatic N) is 6. The van der Waals surface area contributed by atoms with Gasteiger partial charge in [0.1, 0.15) is 0 Å². The number of rotatable bonds is 4. The van der Waals surface area contributed by atoms with E-state index in [0.29, 0.717) is 31.7 Å². The number of hydrogen-bond acceptors (Lipinski definition) is 7. The topological polar surface area (TPSA) is 96.6 Å². The van der Waals surface area contributed by atoms with Gasteiger partial charge in [0.15, 0.2) is 0 Å². The van der Waals surface area contributed by atoms with Gasteiger partial charge in [-0.3, -0.25) is 19.4 Å². The fraction of sp³-hybridized carbons (Fsp3) is 0.333. The van der Waals surface area contributed by atoms with Crippen molar-refractivity contribution >= 4 is 22.5 Å². The lowest BCUT2D eigenvalue weighted by molar-refractivity contribution is -0.0575. The Morgan fingerprint density at radius 2 is 2.06 bits per heavy atom. The van der Waals surface area contributed by atoms with Crippen LogP contribution in [0.4, 0.5) is 5.69 Å². The van der Waals surface area contributed by atoms with E-state index in [1.807, 2.05) is 44.7 Å². The molecule has 0 aliphatic carbocycles. The van der Waals surface area contributed by atoms with Crippen LogP contribution < -0.4 is 4.90 Å². The zero-order chi connectivity index (χ0) is 24.8. The number of carbonyl (C=O) groups excluding carboxylic acids is 1. The Bertz CT molecular complexity index is 1430. The third-order valence-corrected chi connectivity index (χ3v) is 7.10. The van der Waals surface area contributed by atoms with Crippen molar-refractivity contribution < 1.29 is 14.6 Å². The van der Waals surface area contributed by atoms with Crippen LogP contribution in [-0.4, -0.2) is 74.7 Å². The number of aromatic nitrogens is 4. The average molecular weight is 485 g/mol. The van der Waals surface area contributed by atoms with Gasteiger partial charge in [-0.1, -0.05) is 12.1 Å². The van der Waals surface area contributed by atoms with Crippen LogP contribution in [0.3, 0.4) is 0 Å². The van der Waals surface area contributed by atoms with Crippen LogP contribution in [0, 0.1) is 0 Å². The minimum atomic E-state index is -0.694. The van der Waals surface area contributed by atoms with Crippen LogP contribution in [0.5, 0.6) is 0 Å². The molecular formula is C27H28N6O3. The molecule has 1 fully saturated rings. The summed E-state index contributed by atoms with van der Waals surface area (Å²) >= 11 is 0. The van der Waals surface area contributed by atoms with Gasteiger partial charge in [0.25, 0.3) is 5.91 Å². The monoisotopic (exact) mass is 484 g/mol. The van der Waals surface area contributed by atoms with Crippen LogP contribution in [0.2, 0.25) is 0 Å². The van der Waals surface area contributed by atoms with E-state index in [2.05, 4.69) is 32.1 Å².